The highest BCUT2D eigenvalue weighted by molar-refractivity contribution is 7.89. The summed E-state index contributed by atoms with van der Waals surface area (Å²) in [6.45, 7) is 1.41. The highest BCUT2D eigenvalue weighted by atomic mass is 35.5. The van der Waals surface area contributed by atoms with Gasteiger partial charge in [0.2, 0.25) is 0 Å². The molecule has 0 saturated heterocycles. The topological polar surface area (TPSA) is 84.5 Å². The minimum atomic E-state index is -4.04. The normalized spacial score (nSPS) is 12.5. The van der Waals surface area contributed by atoms with E-state index in [1.807, 2.05) is 10.3 Å². The van der Waals surface area contributed by atoms with Crippen molar-refractivity contribution in [2.24, 2.45) is 0 Å². The quantitative estimate of drug-likeness (QED) is 0.722. The van der Waals surface area contributed by atoms with Crippen LogP contribution in [-0.2, 0) is 14.8 Å². The summed E-state index contributed by atoms with van der Waals surface area (Å²) in [5.74, 6) is -0.928. The Bertz CT molecular complexity index is 876. The van der Waals surface area contributed by atoms with Crippen molar-refractivity contribution in [3.8, 4) is 5.75 Å². The number of carbonyl (C=O) groups excluding carboxylic acids is 1. The van der Waals surface area contributed by atoms with Gasteiger partial charge >= 0.3 is 0 Å². The standard InChI is InChI=1S/C15H13Cl2FN2O4S/c1-9(24-11-4-2-10(18)3-5-11)15(21)19-20-25(22,23)12-6-7-13(16)14(17)8-12/h2-9,20H,1H3,(H,19,21)/t9-/m1/s1. The molecule has 0 fully saturated rings. The largest absolute Gasteiger partial charge is 0.481 e. The summed E-state index contributed by atoms with van der Waals surface area (Å²) in [4.78, 5) is 13.7. The summed E-state index contributed by atoms with van der Waals surface area (Å²) in [6, 6.07) is 8.75. The SMILES string of the molecule is C[C@@H](Oc1ccc(F)cc1)C(=O)NNS(=O)(=O)c1ccc(Cl)c(Cl)c1. The van der Waals surface area contributed by atoms with Crippen molar-refractivity contribution < 1.29 is 22.3 Å². The number of rotatable bonds is 6. The molecule has 10 heteroatoms. The highest BCUT2D eigenvalue weighted by Gasteiger charge is 2.20. The third-order valence-electron chi connectivity index (χ3n) is 3.01. The first kappa shape index (κ1) is 19.5. The van der Waals surface area contributed by atoms with E-state index in [-0.39, 0.29) is 20.7 Å². The van der Waals surface area contributed by atoms with Crippen molar-refractivity contribution >= 4 is 39.1 Å². The van der Waals surface area contributed by atoms with Gasteiger partial charge < -0.3 is 4.74 Å². The van der Waals surface area contributed by atoms with Crippen molar-refractivity contribution in [3.05, 3.63) is 58.3 Å². The predicted molar refractivity (Wildman–Crippen MR) is 91.4 cm³/mol. The number of ether oxygens (including phenoxy) is 1. The first-order chi connectivity index (χ1) is 11.7. The van der Waals surface area contributed by atoms with Crippen molar-refractivity contribution in [1.29, 1.82) is 0 Å². The number of benzene rings is 2. The fourth-order valence-electron chi connectivity index (χ4n) is 1.69. The number of hydrogen-bond donors (Lipinski definition) is 2. The Hall–Kier alpha value is -1.87. The molecule has 0 aliphatic heterocycles. The lowest BCUT2D eigenvalue weighted by Crippen LogP contribution is -2.47. The number of carbonyl (C=O) groups is 1. The van der Waals surface area contributed by atoms with Gasteiger partial charge in [-0.25, -0.2) is 12.8 Å². The van der Waals surface area contributed by atoms with E-state index >= 15 is 0 Å². The van der Waals surface area contributed by atoms with Crippen molar-refractivity contribution in [2.75, 3.05) is 0 Å². The first-order valence-electron chi connectivity index (χ1n) is 6.88. The molecule has 2 rings (SSSR count). The summed E-state index contributed by atoms with van der Waals surface area (Å²) < 4.78 is 42.3. The molecule has 1 amide bonds. The molecule has 0 aromatic heterocycles. The second kappa shape index (κ2) is 8.01. The molecule has 0 saturated carbocycles. The van der Waals surface area contributed by atoms with E-state index < -0.39 is 27.9 Å². The average molecular weight is 407 g/mol. The van der Waals surface area contributed by atoms with Gasteiger partial charge in [-0.05, 0) is 49.4 Å². The van der Waals surface area contributed by atoms with Gasteiger partial charge in [0.1, 0.15) is 11.6 Å². The molecular weight excluding hydrogens is 394 g/mol. The third kappa shape index (κ3) is 5.30. The van der Waals surface area contributed by atoms with Crippen molar-refractivity contribution in [1.82, 2.24) is 10.3 Å². The van der Waals surface area contributed by atoms with Gasteiger partial charge in [0.25, 0.3) is 15.9 Å². The van der Waals surface area contributed by atoms with Crippen molar-refractivity contribution in [2.45, 2.75) is 17.9 Å². The molecule has 0 spiro atoms. The lowest BCUT2D eigenvalue weighted by molar-refractivity contribution is -0.127. The van der Waals surface area contributed by atoms with Gasteiger partial charge in [0.05, 0.1) is 14.9 Å². The van der Waals surface area contributed by atoms with Crippen molar-refractivity contribution in [3.63, 3.8) is 0 Å². The average Bonchev–Trinajstić information content (AvgIpc) is 2.57. The maximum absolute atomic E-state index is 12.8. The summed E-state index contributed by atoms with van der Waals surface area (Å²) in [7, 11) is -4.04. The first-order valence-corrected chi connectivity index (χ1v) is 9.12. The minimum absolute atomic E-state index is 0.0591. The molecule has 0 bridgehead atoms. The molecular formula is C15H13Cl2FN2O4S. The molecule has 6 nitrogen and oxygen atoms in total. The van der Waals surface area contributed by atoms with Gasteiger partial charge in [-0.3, -0.25) is 10.2 Å². The number of halogens is 3. The lowest BCUT2D eigenvalue weighted by Gasteiger charge is -2.15. The third-order valence-corrected chi connectivity index (χ3v) is 4.99. The maximum atomic E-state index is 12.8. The zero-order valence-electron chi connectivity index (χ0n) is 12.8. The monoisotopic (exact) mass is 406 g/mol. The molecule has 0 aliphatic rings. The fraction of sp³-hybridized carbons (Fsp3) is 0.133. The fourth-order valence-corrected chi connectivity index (χ4v) is 2.93. The maximum Gasteiger partial charge on any atom is 0.275 e. The van der Waals surface area contributed by atoms with E-state index in [1.165, 1.54) is 43.3 Å². The molecule has 0 radical (unpaired) electrons. The van der Waals surface area contributed by atoms with E-state index in [0.717, 1.165) is 6.07 Å². The Kier molecular flexibility index (Phi) is 6.23. The molecule has 2 aromatic carbocycles. The van der Waals surface area contributed by atoms with Gasteiger partial charge in [-0.15, -0.1) is 4.83 Å². The van der Waals surface area contributed by atoms with Crippen LogP contribution in [-0.4, -0.2) is 20.4 Å². The summed E-state index contributed by atoms with van der Waals surface area (Å²) >= 11 is 11.5. The van der Waals surface area contributed by atoms with Crippen LogP contribution in [0.5, 0.6) is 5.75 Å². The van der Waals surface area contributed by atoms with E-state index in [9.17, 15) is 17.6 Å². The molecule has 1 atom stereocenters. The van der Waals surface area contributed by atoms with Crippen LogP contribution in [0.15, 0.2) is 47.4 Å². The number of sulfonamides is 1. The molecule has 2 aromatic rings. The Labute approximate surface area is 153 Å². The van der Waals surface area contributed by atoms with Gasteiger partial charge in [0.15, 0.2) is 6.10 Å². The lowest BCUT2D eigenvalue weighted by atomic mass is 10.3. The van der Waals surface area contributed by atoms with Crippen LogP contribution in [0.3, 0.4) is 0 Å². The Morgan fingerprint density at radius 2 is 1.76 bits per heavy atom. The van der Waals surface area contributed by atoms with Gasteiger partial charge in [0, 0.05) is 0 Å². The smallest absolute Gasteiger partial charge is 0.275 e. The number of amides is 1. The Morgan fingerprint density at radius 1 is 1.12 bits per heavy atom. The second-order valence-electron chi connectivity index (χ2n) is 4.88. The Morgan fingerprint density at radius 3 is 2.36 bits per heavy atom. The summed E-state index contributed by atoms with van der Waals surface area (Å²) in [5.41, 5.74) is 2.03. The second-order valence-corrected chi connectivity index (χ2v) is 7.38. The number of hydrazine groups is 1. The zero-order valence-corrected chi connectivity index (χ0v) is 15.1. The van der Waals surface area contributed by atoms with E-state index in [1.54, 1.807) is 0 Å². The predicted octanol–water partition coefficient (Wildman–Crippen LogP) is 2.91. The Balaban J connectivity index is 1.97. The molecule has 25 heavy (non-hydrogen) atoms. The van der Waals surface area contributed by atoms with Crippen LogP contribution < -0.4 is 15.0 Å². The molecule has 0 aliphatic carbocycles. The molecule has 2 N–H and O–H groups in total. The number of hydrogen-bond acceptors (Lipinski definition) is 4. The van der Waals surface area contributed by atoms with Crippen LogP contribution >= 0.6 is 23.2 Å². The number of nitrogens with one attached hydrogen (secondary N) is 2. The van der Waals surface area contributed by atoms with Gasteiger partial charge in [-0.1, -0.05) is 23.2 Å². The van der Waals surface area contributed by atoms with Crippen LogP contribution in [0.2, 0.25) is 10.0 Å². The van der Waals surface area contributed by atoms with Crippen LogP contribution in [0.4, 0.5) is 4.39 Å². The van der Waals surface area contributed by atoms with E-state index in [4.69, 9.17) is 27.9 Å². The highest BCUT2D eigenvalue weighted by Crippen LogP contribution is 2.24. The van der Waals surface area contributed by atoms with Crippen LogP contribution in [0.25, 0.3) is 0 Å². The summed E-state index contributed by atoms with van der Waals surface area (Å²) in [6.07, 6.45) is -1.03. The van der Waals surface area contributed by atoms with E-state index in [2.05, 4.69) is 0 Å². The van der Waals surface area contributed by atoms with Gasteiger partial charge in [-0.2, -0.15) is 0 Å². The molecule has 134 valence electrons. The molecule has 0 heterocycles. The zero-order chi connectivity index (χ0) is 18.6. The summed E-state index contributed by atoms with van der Waals surface area (Å²) in [5, 5.41) is 0.259. The molecule has 0 unspecified atom stereocenters. The van der Waals surface area contributed by atoms with E-state index in [0.29, 0.717) is 0 Å². The minimum Gasteiger partial charge on any atom is -0.481 e. The van der Waals surface area contributed by atoms with Crippen LogP contribution in [0, 0.1) is 5.82 Å². The van der Waals surface area contributed by atoms with Crippen LogP contribution in [0.1, 0.15) is 6.92 Å².